The molecule has 0 aromatic heterocycles. The molecular weight excluding hydrogens is 314 g/mol. The lowest BCUT2D eigenvalue weighted by Crippen LogP contribution is -2.21. The molecule has 0 atom stereocenters. The Balaban J connectivity index is 1.95. The molecule has 2 aromatic rings. The number of carbonyl (C=O) groups excluding carboxylic acids is 2. The SMILES string of the molecule is COc1cc(SC)ccc1C(=O)OCC(=O)Nc1ccccc1. The highest BCUT2D eigenvalue weighted by molar-refractivity contribution is 7.98. The van der Waals surface area contributed by atoms with Crippen molar-refractivity contribution < 1.29 is 19.1 Å². The average molecular weight is 331 g/mol. The summed E-state index contributed by atoms with van der Waals surface area (Å²) >= 11 is 1.54. The van der Waals surface area contributed by atoms with Crippen molar-refractivity contribution in [2.24, 2.45) is 0 Å². The number of hydrogen-bond donors (Lipinski definition) is 1. The summed E-state index contributed by atoms with van der Waals surface area (Å²) in [5.74, 6) is -0.577. The third-order valence-electron chi connectivity index (χ3n) is 3.02. The Morgan fingerprint density at radius 3 is 2.52 bits per heavy atom. The molecule has 2 aromatic carbocycles. The van der Waals surface area contributed by atoms with Gasteiger partial charge in [-0.15, -0.1) is 11.8 Å². The fraction of sp³-hybridized carbons (Fsp3) is 0.176. The van der Waals surface area contributed by atoms with Crippen molar-refractivity contribution in [3.05, 3.63) is 54.1 Å². The first-order valence-corrected chi connectivity index (χ1v) is 8.10. The number of para-hydroxylation sites is 1. The summed E-state index contributed by atoms with van der Waals surface area (Å²) in [5.41, 5.74) is 0.938. The number of nitrogens with one attached hydrogen (secondary N) is 1. The number of hydrogen-bond acceptors (Lipinski definition) is 5. The molecule has 2 rings (SSSR count). The summed E-state index contributed by atoms with van der Waals surface area (Å²) in [6.45, 7) is -0.360. The molecule has 1 N–H and O–H groups in total. The highest BCUT2D eigenvalue weighted by Crippen LogP contribution is 2.25. The number of esters is 1. The van der Waals surface area contributed by atoms with E-state index in [-0.39, 0.29) is 12.2 Å². The lowest BCUT2D eigenvalue weighted by molar-refractivity contribution is -0.119. The van der Waals surface area contributed by atoms with E-state index >= 15 is 0 Å². The smallest absolute Gasteiger partial charge is 0.342 e. The highest BCUT2D eigenvalue weighted by atomic mass is 32.2. The number of thioether (sulfide) groups is 1. The monoisotopic (exact) mass is 331 g/mol. The molecule has 0 bridgehead atoms. The van der Waals surface area contributed by atoms with Crippen molar-refractivity contribution >= 4 is 29.3 Å². The van der Waals surface area contributed by atoms with Gasteiger partial charge in [-0.3, -0.25) is 4.79 Å². The van der Waals surface area contributed by atoms with Crippen LogP contribution in [0.5, 0.6) is 5.75 Å². The van der Waals surface area contributed by atoms with Gasteiger partial charge in [0.15, 0.2) is 6.61 Å². The van der Waals surface area contributed by atoms with Gasteiger partial charge in [-0.05, 0) is 36.6 Å². The van der Waals surface area contributed by atoms with Crippen LogP contribution in [0.15, 0.2) is 53.4 Å². The summed E-state index contributed by atoms with van der Waals surface area (Å²) in [4.78, 5) is 24.8. The van der Waals surface area contributed by atoms with Gasteiger partial charge in [-0.1, -0.05) is 18.2 Å². The molecule has 6 heteroatoms. The Morgan fingerprint density at radius 1 is 1.13 bits per heavy atom. The predicted molar refractivity (Wildman–Crippen MR) is 90.1 cm³/mol. The average Bonchev–Trinajstić information content (AvgIpc) is 2.60. The summed E-state index contributed by atoms with van der Waals surface area (Å²) < 4.78 is 10.2. The fourth-order valence-corrected chi connectivity index (χ4v) is 2.32. The zero-order valence-corrected chi connectivity index (χ0v) is 13.7. The van der Waals surface area contributed by atoms with E-state index in [0.717, 1.165) is 4.90 Å². The maximum Gasteiger partial charge on any atom is 0.342 e. The molecule has 0 aliphatic rings. The van der Waals surface area contributed by atoms with Crippen molar-refractivity contribution in [2.75, 3.05) is 25.3 Å². The molecule has 0 heterocycles. The van der Waals surface area contributed by atoms with E-state index in [9.17, 15) is 9.59 Å². The van der Waals surface area contributed by atoms with E-state index in [4.69, 9.17) is 9.47 Å². The van der Waals surface area contributed by atoms with Crippen LogP contribution in [0.1, 0.15) is 10.4 Å². The molecule has 0 radical (unpaired) electrons. The van der Waals surface area contributed by atoms with Crippen molar-refractivity contribution in [2.45, 2.75) is 4.90 Å². The zero-order valence-electron chi connectivity index (χ0n) is 12.9. The molecule has 0 fully saturated rings. The first-order chi connectivity index (χ1) is 11.1. The quantitative estimate of drug-likeness (QED) is 0.650. The van der Waals surface area contributed by atoms with Crippen LogP contribution in [0.2, 0.25) is 0 Å². The van der Waals surface area contributed by atoms with Crippen molar-refractivity contribution in [3.8, 4) is 5.75 Å². The second kappa shape index (κ2) is 8.24. The maximum absolute atomic E-state index is 12.1. The Labute approximate surface area is 139 Å². The predicted octanol–water partition coefficient (Wildman–Crippen LogP) is 3.21. The van der Waals surface area contributed by atoms with Crippen molar-refractivity contribution in [3.63, 3.8) is 0 Å². The molecule has 0 spiro atoms. The Kier molecular flexibility index (Phi) is 6.05. The topological polar surface area (TPSA) is 64.6 Å². The summed E-state index contributed by atoms with van der Waals surface area (Å²) in [5, 5.41) is 2.64. The highest BCUT2D eigenvalue weighted by Gasteiger charge is 2.16. The van der Waals surface area contributed by atoms with E-state index < -0.39 is 11.9 Å². The summed E-state index contributed by atoms with van der Waals surface area (Å²) in [7, 11) is 1.48. The first-order valence-electron chi connectivity index (χ1n) is 6.88. The third kappa shape index (κ3) is 4.75. The molecule has 23 heavy (non-hydrogen) atoms. The standard InChI is InChI=1S/C17H17NO4S/c1-21-15-10-13(23-2)8-9-14(15)17(20)22-11-16(19)18-12-6-4-3-5-7-12/h3-10H,11H2,1-2H3,(H,18,19). The van der Waals surface area contributed by atoms with Crippen LogP contribution in [0, 0.1) is 0 Å². The Bertz CT molecular complexity index is 688. The molecule has 0 saturated heterocycles. The van der Waals surface area contributed by atoms with Crippen molar-refractivity contribution in [1.29, 1.82) is 0 Å². The number of anilines is 1. The number of amides is 1. The molecule has 120 valence electrons. The number of benzene rings is 2. The van der Waals surface area contributed by atoms with Crippen LogP contribution in [0.3, 0.4) is 0 Å². The fourth-order valence-electron chi connectivity index (χ4n) is 1.89. The normalized spacial score (nSPS) is 10.0. The van der Waals surface area contributed by atoms with Crippen LogP contribution < -0.4 is 10.1 Å². The second-order valence-electron chi connectivity index (χ2n) is 4.56. The van der Waals surface area contributed by atoms with Gasteiger partial charge < -0.3 is 14.8 Å². The van der Waals surface area contributed by atoms with Crippen LogP contribution >= 0.6 is 11.8 Å². The van der Waals surface area contributed by atoms with Gasteiger partial charge in [0.2, 0.25) is 0 Å². The number of ether oxygens (including phenoxy) is 2. The van der Waals surface area contributed by atoms with Crippen LogP contribution in [-0.4, -0.2) is 31.8 Å². The van der Waals surface area contributed by atoms with E-state index in [1.54, 1.807) is 54.2 Å². The van der Waals surface area contributed by atoms with Gasteiger partial charge in [0.1, 0.15) is 11.3 Å². The molecule has 0 aliphatic heterocycles. The lowest BCUT2D eigenvalue weighted by atomic mass is 10.2. The van der Waals surface area contributed by atoms with Gasteiger partial charge in [0, 0.05) is 10.6 Å². The van der Waals surface area contributed by atoms with Crippen LogP contribution in [0.4, 0.5) is 5.69 Å². The number of methoxy groups -OCH3 is 1. The molecular formula is C17H17NO4S. The van der Waals surface area contributed by atoms with Gasteiger partial charge in [0.05, 0.1) is 7.11 Å². The van der Waals surface area contributed by atoms with E-state index in [2.05, 4.69) is 5.32 Å². The van der Waals surface area contributed by atoms with E-state index in [0.29, 0.717) is 11.4 Å². The molecule has 0 aliphatic carbocycles. The maximum atomic E-state index is 12.1. The van der Waals surface area contributed by atoms with Gasteiger partial charge >= 0.3 is 5.97 Å². The number of carbonyl (C=O) groups is 2. The second-order valence-corrected chi connectivity index (χ2v) is 5.44. The molecule has 0 unspecified atom stereocenters. The molecule has 0 saturated carbocycles. The summed E-state index contributed by atoms with van der Waals surface area (Å²) in [6, 6.07) is 14.1. The molecule has 5 nitrogen and oxygen atoms in total. The Morgan fingerprint density at radius 2 is 1.87 bits per heavy atom. The lowest BCUT2D eigenvalue weighted by Gasteiger charge is -2.10. The minimum absolute atomic E-state index is 0.290. The van der Waals surface area contributed by atoms with Crippen LogP contribution in [-0.2, 0) is 9.53 Å². The zero-order chi connectivity index (χ0) is 16.7. The molecule has 1 amide bonds. The third-order valence-corrected chi connectivity index (χ3v) is 3.75. The summed E-state index contributed by atoms with van der Waals surface area (Å²) in [6.07, 6.45) is 1.93. The van der Waals surface area contributed by atoms with E-state index in [1.807, 2.05) is 12.3 Å². The number of rotatable bonds is 6. The largest absolute Gasteiger partial charge is 0.496 e. The van der Waals surface area contributed by atoms with Gasteiger partial charge in [-0.25, -0.2) is 4.79 Å². The van der Waals surface area contributed by atoms with Crippen molar-refractivity contribution in [1.82, 2.24) is 0 Å². The minimum Gasteiger partial charge on any atom is -0.496 e. The Hall–Kier alpha value is -2.47. The van der Waals surface area contributed by atoms with Gasteiger partial charge in [-0.2, -0.15) is 0 Å². The minimum atomic E-state index is -0.599. The van der Waals surface area contributed by atoms with Crippen LogP contribution in [0.25, 0.3) is 0 Å². The van der Waals surface area contributed by atoms with Gasteiger partial charge in [0.25, 0.3) is 5.91 Å². The first kappa shape index (κ1) is 16.9. The van der Waals surface area contributed by atoms with E-state index in [1.165, 1.54) is 7.11 Å².